The van der Waals surface area contributed by atoms with Crippen LogP contribution in [0.2, 0.25) is 5.02 Å². The number of carbonyl (C=O) groups excluding carboxylic acids is 1. The lowest BCUT2D eigenvalue weighted by atomic mass is 9.76. The number of hydrogen-bond acceptors (Lipinski definition) is 2. The average molecular weight is 346 g/mol. The largest absolute Gasteiger partial charge is 0.371 e. The quantitative estimate of drug-likeness (QED) is 0.849. The molecule has 1 fully saturated rings. The van der Waals surface area contributed by atoms with Crippen molar-refractivity contribution in [3.05, 3.63) is 27.7 Å². The lowest BCUT2D eigenvalue weighted by molar-refractivity contribution is -0.122. The van der Waals surface area contributed by atoms with Crippen LogP contribution in [-0.4, -0.2) is 11.4 Å². The summed E-state index contributed by atoms with van der Waals surface area (Å²) in [6.07, 6.45) is 4.41. The van der Waals surface area contributed by atoms with Gasteiger partial charge in [0.1, 0.15) is 5.54 Å². The standard InChI is InChI=1S/C14H18BrClN2O/c1-14(13(17)19,8-9-3-2-4-9)18-10-5-6-12(16)11(15)7-10/h5-7,9,18H,2-4,8H2,1H3,(H2,17,19). The van der Waals surface area contributed by atoms with Crippen LogP contribution in [0.3, 0.4) is 0 Å². The van der Waals surface area contributed by atoms with E-state index in [0.29, 0.717) is 10.9 Å². The SMILES string of the molecule is CC(CC1CCC1)(Nc1ccc(Cl)c(Br)c1)C(N)=O. The van der Waals surface area contributed by atoms with Crippen LogP contribution in [0, 0.1) is 5.92 Å². The van der Waals surface area contributed by atoms with Gasteiger partial charge in [0.25, 0.3) is 0 Å². The molecule has 1 amide bonds. The van der Waals surface area contributed by atoms with E-state index >= 15 is 0 Å². The highest BCUT2D eigenvalue weighted by Crippen LogP contribution is 2.35. The number of halogens is 2. The topological polar surface area (TPSA) is 55.1 Å². The summed E-state index contributed by atoms with van der Waals surface area (Å²) in [6.45, 7) is 1.87. The van der Waals surface area contributed by atoms with Crippen LogP contribution in [0.1, 0.15) is 32.6 Å². The molecule has 19 heavy (non-hydrogen) atoms. The molecule has 0 spiro atoms. The fraction of sp³-hybridized carbons (Fsp3) is 0.500. The second kappa shape index (κ2) is 5.71. The molecule has 1 aliphatic carbocycles. The van der Waals surface area contributed by atoms with E-state index in [1.807, 2.05) is 19.1 Å². The Morgan fingerprint density at radius 1 is 1.58 bits per heavy atom. The first-order valence-electron chi connectivity index (χ1n) is 6.44. The number of carbonyl (C=O) groups is 1. The van der Waals surface area contributed by atoms with Gasteiger partial charge in [0.05, 0.1) is 5.02 Å². The maximum Gasteiger partial charge on any atom is 0.242 e. The van der Waals surface area contributed by atoms with E-state index in [-0.39, 0.29) is 5.91 Å². The van der Waals surface area contributed by atoms with Gasteiger partial charge >= 0.3 is 0 Å². The molecule has 3 N–H and O–H groups in total. The van der Waals surface area contributed by atoms with Crippen LogP contribution >= 0.6 is 27.5 Å². The molecule has 0 bridgehead atoms. The van der Waals surface area contributed by atoms with E-state index in [0.717, 1.165) is 16.6 Å². The van der Waals surface area contributed by atoms with Crippen molar-refractivity contribution in [2.75, 3.05) is 5.32 Å². The number of hydrogen-bond donors (Lipinski definition) is 2. The van der Waals surface area contributed by atoms with Crippen LogP contribution in [0.4, 0.5) is 5.69 Å². The van der Waals surface area contributed by atoms with Crippen LogP contribution in [0.25, 0.3) is 0 Å². The Bertz CT molecular complexity index is 490. The zero-order valence-corrected chi connectivity index (χ0v) is 13.2. The number of rotatable bonds is 5. The van der Waals surface area contributed by atoms with Crippen molar-refractivity contribution in [2.45, 2.75) is 38.1 Å². The van der Waals surface area contributed by atoms with E-state index in [1.165, 1.54) is 19.3 Å². The molecule has 0 saturated heterocycles. The van der Waals surface area contributed by atoms with Crippen molar-refractivity contribution in [3.8, 4) is 0 Å². The molecule has 0 radical (unpaired) electrons. The predicted octanol–water partition coefficient (Wildman–Crippen LogP) is 3.95. The predicted molar refractivity (Wildman–Crippen MR) is 82.3 cm³/mol. The van der Waals surface area contributed by atoms with Crippen molar-refractivity contribution >= 4 is 39.1 Å². The number of amides is 1. The third-order valence-electron chi connectivity index (χ3n) is 3.81. The van der Waals surface area contributed by atoms with Gasteiger partial charge in [-0.25, -0.2) is 0 Å². The Morgan fingerprint density at radius 3 is 2.74 bits per heavy atom. The summed E-state index contributed by atoms with van der Waals surface area (Å²) in [4.78, 5) is 11.8. The number of nitrogens with one attached hydrogen (secondary N) is 1. The zero-order valence-electron chi connectivity index (χ0n) is 10.9. The first-order chi connectivity index (χ1) is 8.90. The molecule has 2 rings (SSSR count). The van der Waals surface area contributed by atoms with E-state index in [9.17, 15) is 4.79 Å². The molecule has 1 atom stereocenters. The number of nitrogens with two attached hydrogens (primary N) is 1. The first kappa shape index (κ1) is 14.7. The summed E-state index contributed by atoms with van der Waals surface area (Å²) in [6, 6.07) is 5.51. The minimum Gasteiger partial charge on any atom is -0.371 e. The molecule has 0 aliphatic heterocycles. The normalized spacial score (nSPS) is 18.5. The molecule has 1 aliphatic rings. The molecule has 5 heteroatoms. The van der Waals surface area contributed by atoms with Gasteiger partial charge in [-0.2, -0.15) is 0 Å². The Labute approximate surface area is 127 Å². The summed E-state index contributed by atoms with van der Waals surface area (Å²) >= 11 is 9.34. The van der Waals surface area contributed by atoms with Crippen molar-refractivity contribution < 1.29 is 4.79 Å². The van der Waals surface area contributed by atoms with Gasteiger partial charge < -0.3 is 11.1 Å². The van der Waals surface area contributed by atoms with Gasteiger partial charge in [0.2, 0.25) is 5.91 Å². The molecule has 104 valence electrons. The van der Waals surface area contributed by atoms with Crippen molar-refractivity contribution in [1.82, 2.24) is 0 Å². The lowest BCUT2D eigenvalue weighted by Gasteiger charge is -2.36. The van der Waals surface area contributed by atoms with Crippen molar-refractivity contribution in [3.63, 3.8) is 0 Å². The summed E-state index contributed by atoms with van der Waals surface area (Å²) < 4.78 is 0.801. The van der Waals surface area contributed by atoms with E-state index < -0.39 is 5.54 Å². The minimum atomic E-state index is -0.710. The fourth-order valence-electron chi connectivity index (χ4n) is 2.38. The van der Waals surface area contributed by atoms with E-state index in [4.69, 9.17) is 17.3 Å². The van der Waals surface area contributed by atoms with Crippen molar-refractivity contribution in [1.29, 1.82) is 0 Å². The number of anilines is 1. The smallest absolute Gasteiger partial charge is 0.242 e. The Hall–Kier alpha value is -0.740. The molecular weight excluding hydrogens is 328 g/mol. The summed E-state index contributed by atoms with van der Waals surface area (Å²) in [5, 5.41) is 3.90. The van der Waals surface area contributed by atoms with E-state index in [1.54, 1.807) is 6.07 Å². The number of benzene rings is 1. The highest BCUT2D eigenvalue weighted by molar-refractivity contribution is 9.10. The molecule has 1 saturated carbocycles. The molecule has 0 aromatic heterocycles. The van der Waals surface area contributed by atoms with Gasteiger partial charge in [0.15, 0.2) is 0 Å². The Kier molecular flexibility index (Phi) is 4.41. The molecule has 1 aromatic rings. The van der Waals surface area contributed by atoms with Crippen LogP contribution < -0.4 is 11.1 Å². The van der Waals surface area contributed by atoms with Gasteiger partial charge in [-0.15, -0.1) is 0 Å². The highest BCUT2D eigenvalue weighted by atomic mass is 79.9. The molecule has 3 nitrogen and oxygen atoms in total. The lowest BCUT2D eigenvalue weighted by Crippen LogP contribution is -2.49. The molecule has 1 unspecified atom stereocenters. The zero-order chi connectivity index (χ0) is 14.0. The monoisotopic (exact) mass is 344 g/mol. The molecular formula is C14H18BrClN2O. The Morgan fingerprint density at radius 2 is 2.26 bits per heavy atom. The third kappa shape index (κ3) is 3.42. The second-order valence-electron chi connectivity index (χ2n) is 5.45. The summed E-state index contributed by atoms with van der Waals surface area (Å²) in [7, 11) is 0. The Balaban J connectivity index is 2.14. The van der Waals surface area contributed by atoms with Crippen molar-refractivity contribution in [2.24, 2.45) is 11.7 Å². The maximum atomic E-state index is 11.8. The highest BCUT2D eigenvalue weighted by Gasteiger charge is 2.35. The third-order valence-corrected chi connectivity index (χ3v) is 5.02. The van der Waals surface area contributed by atoms with Gasteiger partial charge in [-0.3, -0.25) is 4.79 Å². The van der Waals surface area contributed by atoms with Gasteiger partial charge in [-0.05, 0) is 53.4 Å². The fourth-order valence-corrected chi connectivity index (χ4v) is 2.88. The van der Waals surface area contributed by atoms with Crippen LogP contribution in [0.5, 0.6) is 0 Å². The van der Waals surface area contributed by atoms with Gasteiger partial charge in [0, 0.05) is 10.2 Å². The second-order valence-corrected chi connectivity index (χ2v) is 6.71. The average Bonchev–Trinajstić information content (AvgIpc) is 2.29. The van der Waals surface area contributed by atoms with E-state index in [2.05, 4.69) is 21.2 Å². The molecule has 0 heterocycles. The first-order valence-corrected chi connectivity index (χ1v) is 7.61. The van der Waals surface area contributed by atoms with Crippen LogP contribution in [0.15, 0.2) is 22.7 Å². The minimum absolute atomic E-state index is 0.314. The molecule has 1 aromatic carbocycles. The summed E-state index contributed by atoms with van der Waals surface area (Å²) in [5.74, 6) is 0.284. The van der Waals surface area contributed by atoms with Gasteiger partial charge in [-0.1, -0.05) is 30.9 Å². The number of primary amides is 1. The maximum absolute atomic E-state index is 11.8. The summed E-state index contributed by atoms with van der Waals surface area (Å²) in [5.41, 5.74) is 5.71. The van der Waals surface area contributed by atoms with Crippen LogP contribution in [-0.2, 0) is 4.79 Å².